The van der Waals surface area contributed by atoms with Gasteiger partial charge in [0.1, 0.15) is 6.17 Å². The lowest BCUT2D eigenvalue weighted by molar-refractivity contribution is 0.189. The van der Waals surface area contributed by atoms with Crippen molar-refractivity contribution in [3.05, 3.63) is 24.0 Å². The number of nitrogens with zero attached hydrogens (tertiary/aromatic N) is 1. The van der Waals surface area contributed by atoms with Crippen LogP contribution < -0.4 is 11.5 Å². The van der Waals surface area contributed by atoms with Gasteiger partial charge in [-0.1, -0.05) is 13.8 Å². The molecule has 3 nitrogen and oxygen atoms in total. The van der Waals surface area contributed by atoms with Crippen molar-refractivity contribution < 1.29 is 4.39 Å². The molecule has 0 saturated heterocycles. The van der Waals surface area contributed by atoms with Crippen LogP contribution >= 0.6 is 0 Å². The summed E-state index contributed by atoms with van der Waals surface area (Å²) in [6, 6.07) is 1.61. The summed E-state index contributed by atoms with van der Waals surface area (Å²) >= 11 is 0. The number of rotatable bonds is 4. The molecule has 0 radical (unpaired) electrons. The number of halogens is 1. The van der Waals surface area contributed by atoms with Crippen molar-refractivity contribution in [2.24, 2.45) is 17.6 Å². The molecule has 15 heavy (non-hydrogen) atoms. The molecular formula is C11H18FN3. The molecule has 0 fully saturated rings. The van der Waals surface area contributed by atoms with Crippen LogP contribution in [0.15, 0.2) is 18.5 Å². The second-order valence-electron chi connectivity index (χ2n) is 4.05. The summed E-state index contributed by atoms with van der Waals surface area (Å²) in [4.78, 5) is 3.88. The molecule has 0 spiro atoms. The van der Waals surface area contributed by atoms with Crippen LogP contribution in [-0.2, 0) is 0 Å². The van der Waals surface area contributed by atoms with E-state index < -0.39 is 6.17 Å². The average Bonchev–Trinajstić information content (AvgIpc) is 2.18. The highest BCUT2D eigenvalue weighted by molar-refractivity contribution is 5.45. The third-order valence-electron chi connectivity index (χ3n) is 2.69. The van der Waals surface area contributed by atoms with Gasteiger partial charge in [-0.3, -0.25) is 4.98 Å². The van der Waals surface area contributed by atoms with Gasteiger partial charge in [-0.05, 0) is 18.5 Å². The van der Waals surface area contributed by atoms with Crippen molar-refractivity contribution >= 4 is 5.69 Å². The van der Waals surface area contributed by atoms with Gasteiger partial charge in [-0.15, -0.1) is 0 Å². The molecule has 2 atom stereocenters. The SMILES string of the molecule is CC(C)C(CN)C(F)c1cnccc1N. The maximum Gasteiger partial charge on any atom is 0.133 e. The molecule has 1 rings (SSSR count). The van der Waals surface area contributed by atoms with Crippen LogP contribution in [0.4, 0.5) is 10.1 Å². The monoisotopic (exact) mass is 211 g/mol. The minimum atomic E-state index is -1.14. The summed E-state index contributed by atoms with van der Waals surface area (Å²) < 4.78 is 14.1. The van der Waals surface area contributed by atoms with Crippen molar-refractivity contribution in [3.63, 3.8) is 0 Å². The van der Waals surface area contributed by atoms with Crippen LogP contribution in [0.3, 0.4) is 0 Å². The molecule has 0 bridgehead atoms. The topological polar surface area (TPSA) is 64.9 Å². The number of aromatic nitrogens is 1. The predicted octanol–water partition coefficient (Wildman–Crippen LogP) is 1.91. The van der Waals surface area contributed by atoms with Crippen molar-refractivity contribution in [1.29, 1.82) is 0 Å². The molecule has 2 unspecified atom stereocenters. The van der Waals surface area contributed by atoms with Crippen molar-refractivity contribution in [3.8, 4) is 0 Å². The molecule has 4 heteroatoms. The van der Waals surface area contributed by atoms with E-state index in [9.17, 15) is 4.39 Å². The summed E-state index contributed by atoms with van der Waals surface area (Å²) in [5, 5.41) is 0. The van der Waals surface area contributed by atoms with E-state index in [1.165, 1.54) is 6.20 Å². The molecule has 0 aliphatic heterocycles. The first kappa shape index (κ1) is 11.9. The molecule has 0 aromatic carbocycles. The van der Waals surface area contributed by atoms with Gasteiger partial charge in [0.2, 0.25) is 0 Å². The quantitative estimate of drug-likeness (QED) is 0.799. The Hall–Kier alpha value is -1.16. The molecule has 0 saturated carbocycles. The molecule has 1 heterocycles. The van der Waals surface area contributed by atoms with Gasteiger partial charge >= 0.3 is 0 Å². The lowest BCUT2D eigenvalue weighted by atomic mass is 9.87. The summed E-state index contributed by atoms with van der Waals surface area (Å²) in [5.41, 5.74) is 12.1. The normalized spacial score (nSPS) is 15.3. The highest BCUT2D eigenvalue weighted by atomic mass is 19.1. The Morgan fingerprint density at radius 1 is 1.47 bits per heavy atom. The van der Waals surface area contributed by atoms with Crippen molar-refractivity contribution in [2.45, 2.75) is 20.0 Å². The largest absolute Gasteiger partial charge is 0.398 e. The van der Waals surface area contributed by atoms with E-state index in [0.29, 0.717) is 17.8 Å². The molecular weight excluding hydrogens is 193 g/mol. The average molecular weight is 211 g/mol. The first-order chi connectivity index (χ1) is 7.07. The van der Waals surface area contributed by atoms with E-state index in [1.807, 2.05) is 13.8 Å². The van der Waals surface area contributed by atoms with E-state index in [2.05, 4.69) is 4.98 Å². The van der Waals surface area contributed by atoms with Crippen LogP contribution in [0, 0.1) is 11.8 Å². The molecule has 0 aliphatic carbocycles. The standard InChI is InChI=1S/C11H18FN3/c1-7(2)8(5-13)11(12)9-6-15-4-3-10(9)14/h3-4,6-8,11H,5,13H2,1-2H3,(H2,14,15). The zero-order valence-corrected chi connectivity index (χ0v) is 9.15. The Morgan fingerprint density at radius 2 is 2.13 bits per heavy atom. The molecule has 0 amide bonds. The van der Waals surface area contributed by atoms with Crippen molar-refractivity contribution in [1.82, 2.24) is 4.98 Å². The first-order valence-electron chi connectivity index (χ1n) is 5.11. The highest BCUT2D eigenvalue weighted by Gasteiger charge is 2.26. The van der Waals surface area contributed by atoms with Crippen molar-refractivity contribution in [2.75, 3.05) is 12.3 Å². The van der Waals surface area contributed by atoms with E-state index in [4.69, 9.17) is 11.5 Å². The molecule has 1 aromatic heterocycles. The smallest absolute Gasteiger partial charge is 0.133 e. The number of hydrogen-bond acceptors (Lipinski definition) is 3. The summed E-state index contributed by atoms with van der Waals surface area (Å²) in [5.74, 6) is -0.0268. The van der Waals surface area contributed by atoms with Crippen LogP contribution in [0.1, 0.15) is 25.6 Å². The third-order valence-corrected chi connectivity index (χ3v) is 2.69. The van der Waals surface area contributed by atoms with Gasteiger partial charge in [0.05, 0.1) is 0 Å². The zero-order chi connectivity index (χ0) is 11.4. The van der Waals surface area contributed by atoms with Gasteiger partial charge in [-0.2, -0.15) is 0 Å². The highest BCUT2D eigenvalue weighted by Crippen LogP contribution is 2.33. The van der Waals surface area contributed by atoms with Gasteiger partial charge < -0.3 is 11.5 Å². The number of hydrogen-bond donors (Lipinski definition) is 2. The third kappa shape index (κ3) is 2.65. The Kier molecular flexibility index (Phi) is 4.03. The Bertz CT molecular complexity index is 314. The number of alkyl halides is 1. The number of pyridine rings is 1. The van der Waals surface area contributed by atoms with Crippen LogP contribution in [0.5, 0.6) is 0 Å². The second-order valence-corrected chi connectivity index (χ2v) is 4.05. The van der Waals surface area contributed by atoms with Crippen LogP contribution in [0.2, 0.25) is 0 Å². The Balaban J connectivity index is 2.92. The number of nitrogen functional groups attached to an aromatic ring is 1. The minimum Gasteiger partial charge on any atom is -0.398 e. The summed E-state index contributed by atoms with van der Waals surface area (Å²) in [6.45, 7) is 4.22. The van der Waals surface area contributed by atoms with Crippen LogP contribution in [0.25, 0.3) is 0 Å². The van der Waals surface area contributed by atoms with E-state index >= 15 is 0 Å². The predicted molar refractivity (Wildman–Crippen MR) is 59.9 cm³/mol. The minimum absolute atomic E-state index is 0.185. The molecule has 0 aliphatic rings. The fourth-order valence-corrected chi connectivity index (χ4v) is 1.61. The molecule has 1 aromatic rings. The number of nitrogens with two attached hydrogens (primary N) is 2. The fraction of sp³-hybridized carbons (Fsp3) is 0.545. The first-order valence-corrected chi connectivity index (χ1v) is 5.11. The van der Waals surface area contributed by atoms with Gasteiger partial charge in [0.15, 0.2) is 0 Å². The maximum absolute atomic E-state index is 14.1. The summed E-state index contributed by atoms with van der Waals surface area (Å²) in [6.07, 6.45) is 1.90. The molecule has 84 valence electrons. The maximum atomic E-state index is 14.1. The van der Waals surface area contributed by atoms with E-state index in [-0.39, 0.29) is 11.8 Å². The van der Waals surface area contributed by atoms with Crippen LogP contribution in [-0.4, -0.2) is 11.5 Å². The van der Waals surface area contributed by atoms with E-state index in [1.54, 1.807) is 12.3 Å². The second kappa shape index (κ2) is 5.07. The van der Waals surface area contributed by atoms with Gasteiger partial charge in [-0.25, -0.2) is 4.39 Å². The summed E-state index contributed by atoms with van der Waals surface area (Å²) in [7, 11) is 0. The van der Waals surface area contributed by atoms with Gasteiger partial charge in [0, 0.05) is 29.6 Å². The lowest BCUT2D eigenvalue weighted by Gasteiger charge is -2.23. The number of anilines is 1. The Labute approximate surface area is 89.7 Å². The van der Waals surface area contributed by atoms with Gasteiger partial charge in [0.25, 0.3) is 0 Å². The fourth-order valence-electron chi connectivity index (χ4n) is 1.61. The van der Waals surface area contributed by atoms with E-state index in [0.717, 1.165) is 0 Å². The lowest BCUT2D eigenvalue weighted by Crippen LogP contribution is -2.25. The molecule has 4 N–H and O–H groups in total. The zero-order valence-electron chi connectivity index (χ0n) is 9.15. The Morgan fingerprint density at radius 3 is 2.60 bits per heavy atom.